The van der Waals surface area contributed by atoms with Crippen molar-refractivity contribution in [3.8, 4) is 11.5 Å². The van der Waals surface area contributed by atoms with E-state index in [4.69, 9.17) is 4.74 Å². The molecule has 2 heterocycles. The van der Waals surface area contributed by atoms with Crippen molar-refractivity contribution >= 4 is 27.7 Å². The van der Waals surface area contributed by atoms with Gasteiger partial charge in [0.1, 0.15) is 17.4 Å². The minimum Gasteiger partial charge on any atom is -0.465 e. The molecule has 1 fully saturated rings. The van der Waals surface area contributed by atoms with Gasteiger partial charge in [-0.3, -0.25) is 0 Å². The zero-order valence-corrected chi connectivity index (χ0v) is 15.1. The lowest BCUT2D eigenvalue weighted by Gasteiger charge is -2.42. The Bertz CT molecular complexity index is 893. The largest absolute Gasteiger partial charge is 0.465 e. The fraction of sp³-hybridized carbons (Fsp3) is 0.278. The fourth-order valence-corrected chi connectivity index (χ4v) is 4.10. The zero-order valence-electron chi connectivity index (χ0n) is 13.5. The number of carboxylic acid groups (broad SMARTS) is 1. The first-order chi connectivity index (χ1) is 12.5. The van der Waals surface area contributed by atoms with E-state index in [1.54, 1.807) is 12.1 Å². The number of hydrogen-bond donors (Lipinski definition) is 2. The average Bonchev–Trinajstić information content (AvgIpc) is 2.71. The van der Waals surface area contributed by atoms with Gasteiger partial charge in [-0.25, -0.2) is 13.6 Å². The molecule has 1 saturated heterocycles. The van der Waals surface area contributed by atoms with Gasteiger partial charge in [-0.15, -0.1) is 0 Å². The standard InChI is InChI=1S/C18H15BrF2N2O3/c19-9-7-13-15(8-11(9)21)26-14-5-1-3-10(20)16(14)17-12(22-18(24)25)4-2-6-23(13)17/h1,3,5,7-8,12,17,22H,2,4,6H2,(H,24,25). The first-order valence-electron chi connectivity index (χ1n) is 8.17. The number of anilines is 1. The summed E-state index contributed by atoms with van der Waals surface area (Å²) >= 11 is 3.18. The third-order valence-electron chi connectivity index (χ3n) is 4.78. The Labute approximate surface area is 156 Å². The lowest BCUT2D eigenvalue weighted by Crippen LogP contribution is -2.50. The van der Waals surface area contributed by atoms with Crippen LogP contribution < -0.4 is 15.0 Å². The fourth-order valence-electron chi connectivity index (χ4n) is 3.77. The van der Waals surface area contributed by atoms with Crippen LogP contribution >= 0.6 is 15.9 Å². The molecular formula is C18H15BrF2N2O3. The molecule has 0 saturated carbocycles. The topological polar surface area (TPSA) is 61.8 Å². The average molecular weight is 425 g/mol. The zero-order chi connectivity index (χ0) is 18.4. The van der Waals surface area contributed by atoms with Crippen LogP contribution in [0.5, 0.6) is 11.5 Å². The molecule has 2 aromatic carbocycles. The van der Waals surface area contributed by atoms with E-state index in [9.17, 15) is 18.7 Å². The number of halogens is 3. The molecule has 2 aliphatic heterocycles. The van der Waals surface area contributed by atoms with Crippen LogP contribution in [0.1, 0.15) is 24.4 Å². The van der Waals surface area contributed by atoms with Crippen molar-refractivity contribution in [1.29, 1.82) is 0 Å². The number of benzene rings is 2. The highest BCUT2D eigenvalue weighted by molar-refractivity contribution is 9.10. The summed E-state index contributed by atoms with van der Waals surface area (Å²) in [6, 6.07) is 6.18. The Kier molecular flexibility index (Phi) is 4.22. The molecule has 8 heteroatoms. The second-order valence-electron chi connectivity index (χ2n) is 6.32. The summed E-state index contributed by atoms with van der Waals surface area (Å²) in [5.74, 6) is -0.433. The van der Waals surface area contributed by atoms with E-state index in [0.29, 0.717) is 25.1 Å². The van der Waals surface area contributed by atoms with Crippen molar-refractivity contribution in [3.63, 3.8) is 0 Å². The summed E-state index contributed by atoms with van der Waals surface area (Å²) in [7, 11) is 0. The van der Waals surface area contributed by atoms with Gasteiger partial charge in [0.05, 0.1) is 27.8 Å². The van der Waals surface area contributed by atoms with Crippen LogP contribution in [0.4, 0.5) is 19.3 Å². The molecule has 2 N–H and O–H groups in total. The van der Waals surface area contributed by atoms with Crippen LogP contribution in [0.3, 0.4) is 0 Å². The molecule has 2 aliphatic rings. The monoisotopic (exact) mass is 424 g/mol. The number of nitrogens with zero attached hydrogens (tertiary/aromatic N) is 1. The number of ether oxygens (including phenoxy) is 1. The van der Waals surface area contributed by atoms with Gasteiger partial charge in [-0.05, 0) is 47.0 Å². The van der Waals surface area contributed by atoms with E-state index in [1.165, 1.54) is 18.2 Å². The number of nitrogens with one attached hydrogen (secondary N) is 1. The quantitative estimate of drug-likeness (QED) is 0.689. The van der Waals surface area contributed by atoms with Crippen molar-refractivity contribution in [2.75, 3.05) is 11.4 Å². The van der Waals surface area contributed by atoms with Gasteiger partial charge < -0.3 is 20.1 Å². The molecule has 0 aliphatic carbocycles. The smallest absolute Gasteiger partial charge is 0.404 e. The van der Waals surface area contributed by atoms with Crippen LogP contribution in [-0.2, 0) is 0 Å². The molecule has 0 spiro atoms. The Morgan fingerprint density at radius 1 is 1.27 bits per heavy atom. The Morgan fingerprint density at radius 2 is 2.08 bits per heavy atom. The third-order valence-corrected chi connectivity index (χ3v) is 5.39. The Hall–Kier alpha value is -2.35. The predicted molar refractivity (Wildman–Crippen MR) is 94.8 cm³/mol. The first kappa shape index (κ1) is 17.1. The summed E-state index contributed by atoms with van der Waals surface area (Å²) in [4.78, 5) is 13.1. The lowest BCUT2D eigenvalue weighted by atomic mass is 9.89. The molecule has 4 rings (SSSR count). The third kappa shape index (κ3) is 2.78. The molecule has 26 heavy (non-hydrogen) atoms. The highest BCUT2D eigenvalue weighted by atomic mass is 79.9. The molecule has 1 amide bonds. The number of hydrogen-bond acceptors (Lipinski definition) is 3. The number of carbonyl (C=O) groups is 1. The summed E-state index contributed by atoms with van der Waals surface area (Å²) in [5.41, 5.74) is 0.870. The van der Waals surface area contributed by atoms with E-state index in [-0.39, 0.29) is 21.5 Å². The van der Waals surface area contributed by atoms with Crippen molar-refractivity contribution in [3.05, 3.63) is 52.0 Å². The van der Waals surface area contributed by atoms with Crippen molar-refractivity contribution in [2.24, 2.45) is 0 Å². The van der Waals surface area contributed by atoms with E-state index in [1.807, 2.05) is 4.90 Å². The number of amides is 1. The SMILES string of the molecule is O=C(O)NC1CCCN2c3cc(Br)c(F)cc3Oc3cccc(F)c3C12. The van der Waals surface area contributed by atoms with Crippen LogP contribution in [0.15, 0.2) is 34.8 Å². The number of fused-ring (bicyclic) bond motifs is 5. The second kappa shape index (κ2) is 6.42. The van der Waals surface area contributed by atoms with E-state index < -0.39 is 29.8 Å². The molecule has 0 radical (unpaired) electrons. The van der Waals surface area contributed by atoms with Crippen molar-refractivity contribution in [1.82, 2.24) is 5.32 Å². The van der Waals surface area contributed by atoms with E-state index >= 15 is 0 Å². The van der Waals surface area contributed by atoms with Gasteiger partial charge in [-0.2, -0.15) is 0 Å². The lowest BCUT2D eigenvalue weighted by molar-refractivity contribution is 0.183. The van der Waals surface area contributed by atoms with Gasteiger partial charge >= 0.3 is 6.09 Å². The van der Waals surface area contributed by atoms with Gasteiger partial charge in [-0.1, -0.05) is 6.07 Å². The van der Waals surface area contributed by atoms with E-state index in [2.05, 4.69) is 21.2 Å². The van der Waals surface area contributed by atoms with Crippen LogP contribution in [0.25, 0.3) is 0 Å². The Balaban J connectivity index is 1.94. The second-order valence-corrected chi connectivity index (χ2v) is 7.18. The van der Waals surface area contributed by atoms with Crippen LogP contribution in [0.2, 0.25) is 0 Å². The van der Waals surface area contributed by atoms with Crippen LogP contribution in [-0.4, -0.2) is 23.8 Å². The first-order valence-corrected chi connectivity index (χ1v) is 8.96. The van der Waals surface area contributed by atoms with E-state index in [0.717, 1.165) is 0 Å². The molecule has 2 aromatic rings. The predicted octanol–water partition coefficient (Wildman–Crippen LogP) is 4.81. The van der Waals surface area contributed by atoms with Crippen molar-refractivity contribution < 1.29 is 23.4 Å². The molecule has 5 nitrogen and oxygen atoms in total. The summed E-state index contributed by atoms with van der Waals surface area (Å²) in [6.45, 7) is 0.574. The molecule has 2 atom stereocenters. The minimum atomic E-state index is -1.17. The minimum absolute atomic E-state index is 0.262. The maximum atomic E-state index is 14.8. The summed E-state index contributed by atoms with van der Waals surface area (Å²) < 4.78 is 34.9. The van der Waals surface area contributed by atoms with Crippen molar-refractivity contribution in [2.45, 2.75) is 24.9 Å². The number of rotatable bonds is 1. The number of piperidine rings is 1. The normalized spacial score (nSPS) is 21.0. The molecule has 2 unspecified atom stereocenters. The molecular weight excluding hydrogens is 410 g/mol. The maximum absolute atomic E-state index is 14.8. The van der Waals surface area contributed by atoms with Gasteiger partial charge in [0.15, 0.2) is 5.75 Å². The molecule has 0 bridgehead atoms. The van der Waals surface area contributed by atoms with Crippen LogP contribution in [0, 0.1) is 11.6 Å². The van der Waals surface area contributed by atoms with Gasteiger partial charge in [0.2, 0.25) is 0 Å². The maximum Gasteiger partial charge on any atom is 0.404 e. The summed E-state index contributed by atoms with van der Waals surface area (Å²) in [6.07, 6.45) is 0.110. The Morgan fingerprint density at radius 3 is 2.85 bits per heavy atom. The highest BCUT2D eigenvalue weighted by Gasteiger charge is 2.40. The molecule has 0 aromatic heterocycles. The van der Waals surface area contributed by atoms with Gasteiger partial charge in [0, 0.05) is 12.6 Å². The summed E-state index contributed by atoms with van der Waals surface area (Å²) in [5, 5.41) is 11.7. The molecule has 136 valence electrons. The highest BCUT2D eigenvalue weighted by Crippen LogP contribution is 2.49. The van der Waals surface area contributed by atoms with Gasteiger partial charge in [0.25, 0.3) is 0 Å².